The smallest absolute Gasteiger partial charge is 0.243 e. The van der Waals surface area contributed by atoms with Crippen LogP contribution in [0.15, 0.2) is 72.8 Å². The second-order valence-electron chi connectivity index (χ2n) is 9.37. The molecule has 0 saturated carbocycles. The molecule has 1 N–H and O–H groups in total. The number of ether oxygens (including phenoxy) is 2. The first-order chi connectivity index (χ1) is 18.8. The summed E-state index contributed by atoms with van der Waals surface area (Å²) >= 11 is 13.0. The summed E-state index contributed by atoms with van der Waals surface area (Å²) in [5.74, 6) is 1.05. The number of carbonyl (C=O) groups excluding carboxylic acids is 2. The number of amides is 2. The second-order valence-corrected chi connectivity index (χ2v) is 10.2. The Morgan fingerprint density at radius 2 is 1.56 bits per heavy atom. The Hall–Kier alpha value is -3.22. The SMILES string of the molecule is CC[C@H](C)NC(=O)[C@H](Cc1ccccc1)N(Cc1c(Cl)cccc1Cl)C(=O)CCCOc1ccc(OC)cc1. The van der Waals surface area contributed by atoms with Gasteiger partial charge in [-0.2, -0.15) is 0 Å². The van der Waals surface area contributed by atoms with Gasteiger partial charge in [0.2, 0.25) is 11.8 Å². The molecule has 0 heterocycles. The van der Waals surface area contributed by atoms with Crippen molar-refractivity contribution >= 4 is 35.0 Å². The third-order valence-electron chi connectivity index (χ3n) is 6.53. The van der Waals surface area contributed by atoms with Crippen LogP contribution in [0.25, 0.3) is 0 Å². The van der Waals surface area contributed by atoms with Crippen molar-refractivity contribution in [3.63, 3.8) is 0 Å². The quantitative estimate of drug-likeness (QED) is 0.218. The lowest BCUT2D eigenvalue weighted by Crippen LogP contribution is -2.52. The Balaban J connectivity index is 1.82. The summed E-state index contributed by atoms with van der Waals surface area (Å²) < 4.78 is 11.0. The Kier molecular flexibility index (Phi) is 12.0. The molecular weight excluding hydrogens is 535 g/mol. The van der Waals surface area contributed by atoms with Gasteiger partial charge < -0.3 is 19.7 Å². The van der Waals surface area contributed by atoms with Gasteiger partial charge in [0.25, 0.3) is 0 Å². The third-order valence-corrected chi connectivity index (χ3v) is 7.23. The number of nitrogens with one attached hydrogen (secondary N) is 1. The average molecular weight is 572 g/mol. The molecule has 8 heteroatoms. The molecule has 0 radical (unpaired) electrons. The summed E-state index contributed by atoms with van der Waals surface area (Å²) in [6.45, 7) is 4.42. The van der Waals surface area contributed by atoms with E-state index in [0.717, 1.165) is 17.7 Å². The van der Waals surface area contributed by atoms with E-state index in [9.17, 15) is 9.59 Å². The fourth-order valence-corrected chi connectivity index (χ4v) is 4.59. The topological polar surface area (TPSA) is 67.9 Å². The van der Waals surface area contributed by atoms with Gasteiger partial charge >= 0.3 is 0 Å². The van der Waals surface area contributed by atoms with E-state index in [1.54, 1.807) is 30.2 Å². The maximum atomic E-state index is 13.7. The molecule has 39 heavy (non-hydrogen) atoms. The zero-order chi connectivity index (χ0) is 28.2. The van der Waals surface area contributed by atoms with Crippen LogP contribution in [0, 0.1) is 0 Å². The summed E-state index contributed by atoms with van der Waals surface area (Å²) in [5.41, 5.74) is 1.56. The van der Waals surface area contributed by atoms with Crippen LogP contribution in [0.1, 0.15) is 44.2 Å². The number of benzene rings is 3. The monoisotopic (exact) mass is 570 g/mol. The number of hydrogen-bond donors (Lipinski definition) is 1. The molecule has 6 nitrogen and oxygen atoms in total. The van der Waals surface area contributed by atoms with Crippen LogP contribution in [0.2, 0.25) is 10.0 Å². The number of carbonyl (C=O) groups is 2. The van der Waals surface area contributed by atoms with Gasteiger partial charge in [-0.3, -0.25) is 9.59 Å². The molecule has 0 aliphatic heterocycles. The molecule has 3 aromatic rings. The first-order valence-electron chi connectivity index (χ1n) is 13.2. The van der Waals surface area contributed by atoms with Crippen LogP contribution in [-0.2, 0) is 22.6 Å². The molecule has 0 aromatic heterocycles. The van der Waals surface area contributed by atoms with Crippen molar-refractivity contribution in [1.29, 1.82) is 0 Å². The summed E-state index contributed by atoms with van der Waals surface area (Å²) in [6, 6.07) is 21.4. The van der Waals surface area contributed by atoms with Crippen molar-refractivity contribution in [2.24, 2.45) is 0 Å². The van der Waals surface area contributed by atoms with Crippen LogP contribution >= 0.6 is 23.2 Å². The van der Waals surface area contributed by atoms with Crippen LogP contribution in [0.5, 0.6) is 11.5 Å². The lowest BCUT2D eigenvalue weighted by Gasteiger charge is -2.33. The van der Waals surface area contributed by atoms with E-state index in [4.69, 9.17) is 32.7 Å². The van der Waals surface area contributed by atoms with Crippen molar-refractivity contribution in [2.75, 3.05) is 13.7 Å². The minimum absolute atomic E-state index is 0.0328. The molecule has 3 aromatic carbocycles. The minimum atomic E-state index is -0.747. The van der Waals surface area contributed by atoms with Crippen LogP contribution in [-0.4, -0.2) is 42.5 Å². The lowest BCUT2D eigenvalue weighted by atomic mass is 10.0. The molecule has 0 saturated heterocycles. The average Bonchev–Trinajstić information content (AvgIpc) is 2.95. The van der Waals surface area contributed by atoms with Gasteiger partial charge in [-0.1, -0.05) is 66.5 Å². The van der Waals surface area contributed by atoms with E-state index in [2.05, 4.69) is 5.32 Å². The summed E-state index contributed by atoms with van der Waals surface area (Å²) in [7, 11) is 1.61. The molecule has 0 fully saturated rings. The molecule has 0 aliphatic carbocycles. The molecule has 3 rings (SSSR count). The minimum Gasteiger partial charge on any atom is -0.497 e. The molecule has 0 unspecified atom stereocenters. The Morgan fingerprint density at radius 3 is 2.18 bits per heavy atom. The third kappa shape index (κ3) is 9.19. The standard InChI is InChI=1S/C31H36Cl2N2O4/c1-4-22(2)34-31(37)29(20-23-10-6-5-7-11-23)35(21-26-27(32)12-8-13-28(26)33)30(36)14-9-19-39-25-17-15-24(38-3)16-18-25/h5-8,10-13,15-18,22,29H,4,9,14,19-21H2,1-3H3,(H,34,37)/t22-,29-/m0/s1. The molecule has 0 spiro atoms. The fourth-order valence-electron chi connectivity index (χ4n) is 4.08. The fraction of sp³-hybridized carbons (Fsp3) is 0.355. The van der Waals surface area contributed by atoms with Crippen LogP contribution in [0.3, 0.4) is 0 Å². The van der Waals surface area contributed by atoms with Crippen LogP contribution in [0.4, 0.5) is 0 Å². The van der Waals surface area contributed by atoms with E-state index in [1.807, 2.05) is 68.4 Å². The molecule has 2 atom stereocenters. The van der Waals surface area contributed by atoms with Gasteiger partial charge in [0.05, 0.1) is 13.7 Å². The van der Waals surface area contributed by atoms with Crippen LogP contribution < -0.4 is 14.8 Å². The van der Waals surface area contributed by atoms with E-state index >= 15 is 0 Å². The van der Waals surface area contributed by atoms with E-state index in [0.29, 0.717) is 40.8 Å². The number of rotatable bonds is 14. The van der Waals surface area contributed by atoms with E-state index < -0.39 is 6.04 Å². The Labute approximate surface area is 241 Å². The van der Waals surface area contributed by atoms with Crippen molar-refractivity contribution in [3.8, 4) is 11.5 Å². The summed E-state index contributed by atoms with van der Waals surface area (Å²) in [4.78, 5) is 28.9. The molecule has 2 amide bonds. The lowest BCUT2D eigenvalue weighted by molar-refractivity contribution is -0.141. The second kappa shape index (κ2) is 15.4. The maximum Gasteiger partial charge on any atom is 0.243 e. The normalized spacial score (nSPS) is 12.3. The highest BCUT2D eigenvalue weighted by Gasteiger charge is 2.31. The highest BCUT2D eigenvalue weighted by molar-refractivity contribution is 6.36. The van der Waals surface area contributed by atoms with Gasteiger partial charge in [0.1, 0.15) is 17.5 Å². The van der Waals surface area contributed by atoms with Gasteiger partial charge in [-0.25, -0.2) is 0 Å². The molecule has 208 valence electrons. The molecule has 0 aliphatic rings. The van der Waals surface area contributed by atoms with Gasteiger partial charge in [-0.05, 0) is 61.7 Å². The summed E-state index contributed by atoms with van der Waals surface area (Å²) in [6.07, 6.45) is 1.80. The zero-order valence-electron chi connectivity index (χ0n) is 22.7. The van der Waals surface area contributed by atoms with Crippen molar-refractivity contribution in [1.82, 2.24) is 10.2 Å². The largest absolute Gasteiger partial charge is 0.497 e. The van der Waals surface area contributed by atoms with Gasteiger partial charge in [-0.15, -0.1) is 0 Å². The maximum absolute atomic E-state index is 13.7. The van der Waals surface area contributed by atoms with E-state index in [-0.39, 0.29) is 30.8 Å². The molecular formula is C31H36Cl2N2O4. The highest BCUT2D eigenvalue weighted by Crippen LogP contribution is 2.28. The Bertz CT molecular complexity index is 1180. The predicted molar refractivity (Wildman–Crippen MR) is 157 cm³/mol. The predicted octanol–water partition coefficient (Wildman–Crippen LogP) is 6.72. The molecule has 0 bridgehead atoms. The first kappa shape index (κ1) is 30.3. The number of hydrogen-bond acceptors (Lipinski definition) is 4. The first-order valence-corrected chi connectivity index (χ1v) is 13.9. The van der Waals surface area contributed by atoms with Crippen molar-refractivity contribution in [2.45, 2.75) is 58.2 Å². The van der Waals surface area contributed by atoms with E-state index in [1.165, 1.54) is 0 Å². The zero-order valence-corrected chi connectivity index (χ0v) is 24.2. The van der Waals surface area contributed by atoms with Crippen molar-refractivity contribution in [3.05, 3.63) is 94.0 Å². The number of methoxy groups -OCH3 is 1. The Morgan fingerprint density at radius 1 is 0.923 bits per heavy atom. The van der Waals surface area contributed by atoms with Gasteiger partial charge in [0, 0.05) is 41.0 Å². The highest BCUT2D eigenvalue weighted by atomic mass is 35.5. The van der Waals surface area contributed by atoms with Gasteiger partial charge in [0.15, 0.2) is 0 Å². The summed E-state index contributed by atoms with van der Waals surface area (Å²) in [5, 5.41) is 3.96. The number of nitrogens with zero attached hydrogens (tertiary/aromatic N) is 1. The number of halogens is 2. The van der Waals surface area contributed by atoms with Crippen molar-refractivity contribution < 1.29 is 19.1 Å².